The zero-order chi connectivity index (χ0) is 16.4. The summed E-state index contributed by atoms with van der Waals surface area (Å²) in [5.41, 5.74) is 0.170. The van der Waals surface area contributed by atoms with E-state index in [2.05, 4.69) is 20.0 Å². The average molecular weight is 321 g/mol. The fraction of sp³-hybridized carbons (Fsp3) is 0.167. The zero-order valence-electron chi connectivity index (χ0n) is 10.6. The number of anilines is 1. The molecule has 1 amide bonds. The molecule has 0 unspecified atom stereocenters. The molecule has 0 aliphatic rings. The molecule has 1 heterocycles. The maximum absolute atomic E-state index is 12.7. The fourth-order valence-electron chi connectivity index (χ4n) is 1.39. The highest BCUT2D eigenvalue weighted by atomic mass is 19.4. The summed E-state index contributed by atoms with van der Waals surface area (Å²) in [4.78, 5) is 17.8. The van der Waals surface area contributed by atoms with E-state index in [0.29, 0.717) is 0 Å². The van der Waals surface area contributed by atoms with E-state index in [4.69, 9.17) is 0 Å². The van der Waals surface area contributed by atoms with E-state index in [1.54, 1.807) is 0 Å². The number of H-pyrrole nitrogens is 1. The minimum absolute atomic E-state index is 0.0175. The number of hydrogen-bond donors (Lipinski definition) is 2. The van der Waals surface area contributed by atoms with Gasteiger partial charge in [0.2, 0.25) is 0 Å². The molecule has 2 N–H and O–H groups in total. The van der Waals surface area contributed by atoms with Gasteiger partial charge in [0.15, 0.2) is 5.82 Å². The molecule has 5 nitrogen and oxygen atoms in total. The van der Waals surface area contributed by atoms with Crippen molar-refractivity contribution in [2.75, 3.05) is 5.32 Å². The Morgan fingerprint density at radius 1 is 1.14 bits per heavy atom. The maximum atomic E-state index is 12.7. The highest BCUT2D eigenvalue weighted by molar-refractivity contribution is 6.01. The third-order valence-corrected chi connectivity index (χ3v) is 2.40. The highest BCUT2D eigenvalue weighted by Crippen LogP contribution is 2.37. The summed E-state index contributed by atoms with van der Waals surface area (Å²) in [6.07, 6.45) is -8.35. The van der Waals surface area contributed by atoms with Crippen molar-refractivity contribution >= 4 is 11.6 Å². The Bertz CT molecular complexity index is 638. The number of nitrogens with one attached hydrogen (secondary N) is 2. The van der Waals surface area contributed by atoms with Crippen molar-refractivity contribution in [3.63, 3.8) is 0 Å². The molecule has 10 heteroatoms. The number of carbonyl (C=O) groups excluding carboxylic acids is 1. The molecule has 0 saturated heterocycles. The summed E-state index contributed by atoms with van der Waals surface area (Å²) in [5.74, 6) is -1.28. The van der Waals surface area contributed by atoms with Crippen LogP contribution >= 0.6 is 0 Å². The van der Waals surface area contributed by atoms with E-state index in [9.17, 15) is 26.7 Å². The first-order chi connectivity index (χ1) is 10.2. The van der Waals surface area contributed by atoms with Crippen LogP contribution in [0.15, 0.2) is 36.7 Å². The fourth-order valence-corrected chi connectivity index (χ4v) is 1.39. The Balaban J connectivity index is 2.03. The van der Waals surface area contributed by atoms with Crippen LogP contribution in [0.4, 0.5) is 27.6 Å². The molecule has 1 aromatic carbocycles. The van der Waals surface area contributed by atoms with E-state index < -0.39 is 23.9 Å². The number of alkyl halides is 5. The second-order valence-corrected chi connectivity index (χ2v) is 4.03. The van der Waals surface area contributed by atoms with E-state index in [0.717, 1.165) is 24.3 Å². The summed E-state index contributed by atoms with van der Waals surface area (Å²) in [6.45, 7) is 0. The second kappa shape index (κ2) is 5.62. The highest BCUT2D eigenvalue weighted by Gasteiger charge is 2.61. The number of benzene rings is 1. The van der Waals surface area contributed by atoms with Crippen LogP contribution in [0.25, 0.3) is 0 Å². The molecule has 22 heavy (non-hydrogen) atoms. The van der Waals surface area contributed by atoms with Crippen molar-refractivity contribution in [3.8, 4) is 5.75 Å². The largest absolute Gasteiger partial charge is 0.499 e. The smallest absolute Gasteiger partial charge is 0.426 e. The lowest BCUT2D eigenvalue weighted by Crippen LogP contribution is -2.41. The Morgan fingerprint density at radius 2 is 1.77 bits per heavy atom. The van der Waals surface area contributed by atoms with Gasteiger partial charge >= 0.3 is 12.3 Å². The normalized spacial score (nSPS) is 12.0. The van der Waals surface area contributed by atoms with E-state index in [1.165, 1.54) is 12.4 Å². The average Bonchev–Trinajstić information content (AvgIpc) is 2.93. The van der Waals surface area contributed by atoms with Gasteiger partial charge in [0.25, 0.3) is 5.91 Å². The third kappa shape index (κ3) is 3.51. The minimum Gasteiger partial charge on any atom is -0.426 e. The molecule has 1 aromatic heterocycles. The number of aromatic nitrogens is 2. The van der Waals surface area contributed by atoms with Gasteiger partial charge in [0.1, 0.15) is 5.75 Å². The molecule has 0 saturated carbocycles. The molecule has 2 rings (SSSR count). The molecule has 0 radical (unpaired) electrons. The molecule has 0 bridgehead atoms. The number of nitrogens with zero attached hydrogens (tertiary/aromatic N) is 1. The Morgan fingerprint density at radius 3 is 2.27 bits per heavy atom. The van der Waals surface area contributed by atoms with Gasteiger partial charge in [-0.05, 0) is 24.3 Å². The molecule has 118 valence electrons. The van der Waals surface area contributed by atoms with Gasteiger partial charge in [0, 0.05) is 18.1 Å². The Hall–Kier alpha value is -2.65. The first kappa shape index (κ1) is 15.7. The van der Waals surface area contributed by atoms with Crippen LogP contribution in [0.5, 0.6) is 5.75 Å². The Kier molecular flexibility index (Phi) is 4.02. The van der Waals surface area contributed by atoms with E-state index >= 15 is 0 Å². The van der Waals surface area contributed by atoms with E-state index in [-0.39, 0.29) is 11.5 Å². The van der Waals surface area contributed by atoms with Crippen LogP contribution in [-0.4, -0.2) is 28.2 Å². The molecule has 0 aliphatic carbocycles. The second-order valence-electron chi connectivity index (χ2n) is 4.03. The molecular formula is C12H8F5N3O2. The molecule has 0 spiro atoms. The number of ether oxygens (including phenoxy) is 1. The molecule has 2 aromatic rings. The number of carbonyl (C=O) groups is 1. The van der Waals surface area contributed by atoms with Crippen molar-refractivity contribution in [3.05, 3.63) is 42.5 Å². The first-order valence-corrected chi connectivity index (χ1v) is 5.73. The Labute approximate surface area is 120 Å². The maximum Gasteiger partial charge on any atom is 0.499 e. The van der Waals surface area contributed by atoms with Crippen LogP contribution in [0.3, 0.4) is 0 Å². The number of imidazole rings is 1. The topological polar surface area (TPSA) is 67.0 Å². The lowest BCUT2D eigenvalue weighted by molar-refractivity contribution is -0.360. The van der Waals surface area contributed by atoms with Crippen LogP contribution < -0.4 is 10.1 Å². The minimum atomic E-state index is -5.82. The summed E-state index contributed by atoms with van der Waals surface area (Å²) in [7, 11) is 0. The SMILES string of the molecule is O=C(Nc1ccc(OC(F)(F)C(F)(F)F)cc1)c1ncc[nH]1. The number of halogens is 5. The zero-order valence-corrected chi connectivity index (χ0v) is 10.6. The van der Waals surface area contributed by atoms with Crippen LogP contribution in [0.1, 0.15) is 10.6 Å². The number of rotatable bonds is 4. The molecule has 0 aliphatic heterocycles. The van der Waals surface area contributed by atoms with Crippen LogP contribution in [0, 0.1) is 0 Å². The predicted molar refractivity (Wildman–Crippen MR) is 64.6 cm³/mol. The van der Waals surface area contributed by atoms with Gasteiger partial charge in [0.05, 0.1) is 0 Å². The van der Waals surface area contributed by atoms with Gasteiger partial charge in [-0.1, -0.05) is 0 Å². The first-order valence-electron chi connectivity index (χ1n) is 5.73. The van der Waals surface area contributed by atoms with Gasteiger partial charge in [-0.2, -0.15) is 22.0 Å². The molecular weight excluding hydrogens is 313 g/mol. The van der Waals surface area contributed by atoms with Crippen molar-refractivity contribution in [1.82, 2.24) is 9.97 Å². The lowest BCUT2D eigenvalue weighted by atomic mass is 10.3. The summed E-state index contributed by atoms with van der Waals surface area (Å²) in [6, 6.07) is 3.97. The molecule has 0 fully saturated rings. The molecule has 0 atom stereocenters. The van der Waals surface area contributed by atoms with Crippen molar-refractivity contribution in [1.29, 1.82) is 0 Å². The summed E-state index contributed by atoms with van der Waals surface area (Å²) < 4.78 is 64.9. The summed E-state index contributed by atoms with van der Waals surface area (Å²) in [5, 5.41) is 2.37. The standard InChI is InChI=1S/C12H8F5N3O2/c13-11(14,15)12(16,17)22-8-3-1-7(2-4-8)20-10(21)9-18-5-6-19-9/h1-6H,(H,18,19)(H,20,21). The van der Waals surface area contributed by atoms with Crippen molar-refractivity contribution < 1.29 is 31.5 Å². The predicted octanol–water partition coefficient (Wildman–Crippen LogP) is 3.20. The van der Waals surface area contributed by atoms with Crippen molar-refractivity contribution in [2.45, 2.75) is 12.3 Å². The van der Waals surface area contributed by atoms with Crippen LogP contribution in [-0.2, 0) is 0 Å². The van der Waals surface area contributed by atoms with Crippen molar-refractivity contribution in [2.24, 2.45) is 0 Å². The number of aromatic amines is 1. The summed E-state index contributed by atoms with van der Waals surface area (Å²) >= 11 is 0. The van der Waals surface area contributed by atoms with Gasteiger partial charge in [-0.25, -0.2) is 4.98 Å². The van der Waals surface area contributed by atoms with Gasteiger partial charge in [-0.15, -0.1) is 0 Å². The van der Waals surface area contributed by atoms with Gasteiger partial charge < -0.3 is 15.0 Å². The number of amides is 1. The number of hydrogen-bond acceptors (Lipinski definition) is 3. The van der Waals surface area contributed by atoms with Crippen LogP contribution in [0.2, 0.25) is 0 Å². The van der Waals surface area contributed by atoms with E-state index in [1.807, 2.05) is 0 Å². The quantitative estimate of drug-likeness (QED) is 0.850. The third-order valence-electron chi connectivity index (χ3n) is 2.40. The lowest BCUT2D eigenvalue weighted by Gasteiger charge is -2.20. The van der Waals surface area contributed by atoms with Gasteiger partial charge in [-0.3, -0.25) is 4.79 Å². The monoisotopic (exact) mass is 321 g/mol.